The Morgan fingerprint density at radius 2 is 1.77 bits per heavy atom. The van der Waals surface area contributed by atoms with Crippen LogP contribution in [0.25, 0.3) is 0 Å². The minimum atomic E-state index is -0.618. The van der Waals surface area contributed by atoms with Crippen LogP contribution in [-0.4, -0.2) is 76.5 Å². The number of amides is 2. The predicted molar refractivity (Wildman–Crippen MR) is 150 cm³/mol. The van der Waals surface area contributed by atoms with Gasteiger partial charge < -0.3 is 29.0 Å². The summed E-state index contributed by atoms with van der Waals surface area (Å²) in [6.07, 6.45) is 6.58. The molecule has 10 nitrogen and oxygen atoms in total. The molecule has 2 amide bonds. The van der Waals surface area contributed by atoms with Crippen LogP contribution in [0, 0.1) is 11.8 Å². The third-order valence-electron chi connectivity index (χ3n) is 7.60. The van der Waals surface area contributed by atoms with E-state index in [2.05, 4.69) is 15.3 Å². The lowest BCUT2D eigenvalue weighted by molar-refractivity contribution is -0.136. The molecule has 3 heterocycles. The Hall–Kier alpha value is -2.40. The first-order valence-electron chi connectivity index (χ1n) is 14.2. The molecule has 2 atom stereocenters. The Labute approximate surface area is 234 Å². The fourth-order valence-electron chi connectivity index (χ4n) is 4.68. The van der Waals surface area contributed by atoms with Crippen molar-refractivity contribution in [1.29, 1.82) is 0 Å². The zero-order valence-corrected chi connectivity index (χ0v) is 25.2. The van der Waals surface area contributed by atoms with Crippen molar-refractivity contribution >= 4 is 24.6 Å². The lowest BCUT2D eigenvalue weighted by Gasteiger charge is -2.36. The van der Waals surface area contributed by atoms with Crippen LogP contribution in [0.1, 0.15) is 88.0 Å². The van der Waals surface area contributed by atoms with Crippen LogP contribution < -0.4 is 15.5 Å². The first-order chi connectivity index (χ1) is 18.1. The van der Waals surface area contributed by atoms with Crippen LogP contribution in [0.3, 0.4) is 0 Å². The molecule has 0 unspecified atom stereocenters. The Bertz CT molecular complexity index is 963. The fourth-order valence-corrected chi connectivity index (χ4v) is 4.68. The fraction of sp³-hybridized carbons (Fsp3) is 0.786. The molecule has 2 saturated heterocycles. The van der Waals surface area contributed by atoms with E-state index in [0.29, 0.717) is 31.6 Å². The molecule has 39 heavy (non-hydrogen) atoms. The largest absolute Gasteiger partial charge is 0.498 e. The monoisotopic (exact) mass is 546 g/mol. The number of alkyl carbamates (subject to hydrolysis) is 1. The van der Waals surface area contributed by atoms with Crippen molar-refractivity contribution in [2.75, 3.05) is 19.7 Å². The van der Waals surface area contributed by atoms with Crippen LogP contribution in [-0.2, 0) is 18.8 Å². The van der Waals surface area contributed by atoms with Crippen molar-refractivity contribution < 1.29 is 28.4 Å². The molecule has 1 aromatic heterocycles. The molecule has 11 heteroatoms. The van der Waals surface area contributed by atoms with Crippen LogP contribution in [0.5, 0.6) is 6.01 Å². The summed E-state index contributed by atoms with van der Waals surface area (Å²) in [5, 5.41) is 2.78. The highest BCUT2D eigenvalue weighted by Gasteiger charge is 2.52. The van der Waals surface area contributed by atoms with Gasteiger partial charge in [-0.05, 0) is 86.0 Å². The van der Waals surface area contributed by atoms with Crippen LogP contribution in [0.4, 0.5) is 4.79 Å². The van der Waals surface area contributed by atoms with Gasteiger partial charge in [0.05, 0.1) is 17.8 Å². The molecule has 2 aliphatic rings. The highest BCUT2D eigenvalue weighted by atomic mass is 16.7. The maximum atomic E-state index is 13.3. The molecule has 1 aromatic rings. The molecule has 218 valence electrons. The molecular formula is C28H47BN4O6. The minimum absolute atomic E-state index is 0.0463. The van der Waals surface area contributed by atoms with E-state index in [9.17, 15) is 9.59 Å². The summed E-state index contributed by atoms with van der Waals surface area (Å²) in [7, 11) is -0.504. The number of aromatic nitrogens is 2. The van der Waals surface area contributed by atoms with Gasteiger partial charge in [0.15, 0.2) is 0 Å². The predicted octanol–water partition coefficient (Wildman–Crippen LogP) is 3.72. The van der Waals surface area contributed by atoms with Gasteiger partial charge in [-0.15, -0.1) is 0 Å². The second-order valence-electron chi connectivity index (χ2n) is 13.0. The Morgan fingerprint density at radius 1 is 1.15 bits per heavy atom. The molecule has 0 aromatic carbocycles. The average Bonchev–Trinajstić information content (AvgIpc) is 3.06. The van der Waals surface area contributed by atoms with E-state index in [0.717, 1.165) is 31.1 Å². The van der Waals surface area contributed by atoms with E-state index in [-0.39, 0.29) is 11.8 Å². The first-order valence-corrected chi connectivity index (χ1v) is 14.2. The summed E-state index contributed by atoms with van der Waals surface area (Å²) in [6.45, 7) is 19.2. The normalized spacial score (nSPS) is 21.5. The zero-order chi connectivity index (χ0) is 29.0. The molecular weight excluding hydrogens is 499 g/mol. The van der Waals surface area contributed by atoms with Crippen molar-refractivity contribution in [3.05, 3.63) is 12.4 Å². The molecule has 2 fully saturated rings. The van der Waals surface area contributed by atoms with Gasteiger partial charge in [0.2, 0.25) is 5.91 Å². The third-order valence-corrected chi connectivity index (χ3v) is 7.60. The maximum absolute atomic E-state index is 13.3. The number of carbonyl (C=O) groups is 2. The topological polar surface area (TPSA) is 112 Å². The van der Waals surface area contributed by atoms with E-state index in [4.69, 9.17) is 18.8 Å². The van der Waals surface area contributed by atoms with E-state index < -0.39 is 36.1 Å². The number of nitrogens with zero attached hydrogens (tertiary/aromatic N) is 3. The second kappa shape index (κ2) is 12.4. The molecule has 3 rings (SSSR count). The van der Waals surface area contributed by atoms with Gasteiger partial charge >= 0.3 is 19.2 Å². The number of piperidine rings is 1. The maximum Gasteiger partial charge on any atom is 0.498 e. The number of ether oxygens (including phenoxy) is 2. The Balaban J connectivity index is 1.44. The average molecular weight is 547 g/mol. The third kappa shape index (κ3) is 8.54. The number of likely N-dealkylation sites (tertiary alicyclic amines) is 1. The number of hydrogen-bond donors (Lipinski definition) is 1. The second-order valence-corrected chi connectivity index (χ2v) is 13.0. The molecule has 0 bridgehead atoms. The smallest absolute Gasteiger partial charge is 0.463 e. The van der Waals surface area contributed by atoms with E-state index in [1.54, 1.807) is 33.2 Å². The number of hydrogen-bond acceptors (Lipinski definition) is 8. The van der Waals surface area contributed by atoms with E-state index >= 15 is 0 Å². The van der Waals surface area contributed by atoms with Gasteiger partial charge in [-0.3, -0.25) is 4.79 Å². The molecule has 0 radical (unpaired) electrons. The van der Waals surface area contributed by atoms with Gasteiger partial charge in [0.25, 0.3) is 0 Å². The van der Waals surface area contributed by atoms with Crippen molar-refractivity contribution in [3.8, 4) is 6.01 Å². The minimum Gasteiger partial charge on any atom is -0.463 e. The number of nitrogens with one attached hydrogen (secondary N) is 1. The molecule has 0 saturated carbocycles. The Kier molecular flexibility index (Phi) is 9.91. The lowest BCUT2D eigenvalue weighted by atomic mass is 9.81. The van der Waals surface area contributed by atoms with Crippen LogP contribution in [0.15, 0.2) is 12.4 Å². The van der Waals surface area contributed by atoms with Gasteiger partial charge in [-0.25, -0.2) is 14.8 Å². The van der Waals surface area contributed by atoms with E-state index in [1.165, 1.54) is 0 Å². The van der Waals surface area contributed by atoms with Crippen molar-refractivity contribution in [3.63, 3.8) is 0 Å². The SMILES string of the molecule is CC(C)[C@@H](NC(=O)OC(C)(C)C)C(=O)N1CCC[C@@H](CCCOc2ncc(B3OC(C)(C)C(C)(C)O3)cn2)C1. The summed E-state index contributed by atoms with van der Waals surface area (Å²) in [5.74, 6) is 0.287. The standard InChI is InChI=1S/C28H47BN4O6/c1-19(2)22(32-25(35)37-26(3,4)5)23(34)33-14-10-12-20(18-33)13-11-15-36-24-30-16-21(17-31-24)29-38-27(6,7)28(8,9)39-29/h16-17,19-20,22H,10-15,18H2,1-9H3,(H,32,35)/t20-,22+/m0/s1. The number of carbonyl (C=O) groups excluding carboxylic acids is 2. The first kappa shape index (κ1) is 31.1. The highest BCUT2D eigenvalue weighted by molar-refractivity contribution is 6.61. The molecule has 0 aliphatic carbocycles. The van der Waals surface area contributed by atoms with Crippen molar-refractivity contribution in [1.82, 2.24) is 20.2 Å². The van der Waals surface area contributed by atoms with Gasteiger partial charge in [0, 0.05) is 30.9 Å². The summed E-state index contributed by atoms with van der Waals surface area (Å²) < 4.78 is 23.2. The summed E-state index contributed by atoms with van der Waals surface area (Å²) in [5.41, 5.74) is -0.700. The number of rotatable bonds is 9. The molecule has 0 spiro atoms. The van der Waals surface area contributed by atoms with Crippen molar-refractivity contribution in [2.24, 2.45) is 11.8 Å². The van der Waals surface area contributed by atoms with Gasteiger partial charge in [-0.1, -0.05) is 13.8 Å². The van der Waals surface area contributed by atoms with Gasteiger partial charge in [-0.2, -0.15) is 0 Å². The Morgan fingerprint density at radius 3 is 2.33 bits per heavy atom. The summed E-state index contributed by atoms with van der Waals surface area (Å²) in [6, 6.07) is -0.289. The molecule has 2 aliphatic heterocycles. The molecule has 1 N–H and O–H groups in total. The van der Waals surface area contributed by atoms with E-state index in [1.807, 2.05) is 46.4 Å². The lowest BCUT2D eigenvalue weighted by Crippen LogP contribution is -2.54. The quantitative estimate of drug-likeness (QED) is 0.369. The summed E-state index contributed by atoms with van der Waals surface area (Å²) in [4.78, 5) is 36.1. The zero-order valence-electron chi connectivity index (χ0n) is 25.2. The highest BCUT2D eigenvalue weighted by Crippen LogP contribution is 2.36. The summed E-state index contributed by atoms with van der Waals surface area (Å²) >= 11 is 0. The van der Waals surface area contributed by atoms with Crippen molar-refractivity contribution in [2.45, 2.75) is 111 Å². The van der Waals surface area contributed by atoms with Crippen LogP contribution >= 0.6 is 0 Å². The van der Waals surface area contributed by atoms with Gasteiger partial charge in [0.1, 0.15) is 11.6 Å². The van der Waals surface area contributed by atoms with Crippen LogP contribution in [0.2, 0.25) is 0 Å².